The molecule has 146 valence electrons. The number of rotatable bonds is 7. The zero-order valence-corrected chi connectivity index (χ0v) is 15.4. The van der Waals surface area contributed by atoms with E-state index in [1.807, 2.05) is 0 Å². The largest absolute Gasteiger partial charge is 0.463 e. The maximum absolute atomic E-state index is 11.6. The molecule has 1 saturated heterocycles. The fraction of sp³-hybridized carbons (Fsp3) is 0.647. The van der Waals surface area contributed by atoms with E-state index >= 15 is 0 Å². The number of carbonyl (C=O) groups is 4. The Morgan fingerprint density at radius 3 is 2.00 bits per heavy atom. The standard InChI is InChI=1S/C17H25NO8/c1-6-7-13-15(18-9(2)19)17(25-12(5)22)16(24-11(4)21)14(26-13)8-23-10(3)20/h6,13-17H,1,7-8H2,2-5H3,(H,18,19)/t13-,14+,15-,16+,17+/m0/s1. The fourth-order valence-corrected chi connectivity index (χ4v) is 2.79. The van der Waals surface area contributed by atoms with Crippen molar-refractivity contribution in [2.24, 2.45) is 0 Å². The zero-order chi connectivity index (χ0) is 19.9. The number of nitrogens with one attached hydrogen (secondary N) is 1. The molecule has 0 radical (unpaired) electrons. The molecule has 1 N–H and O–H groups in total. The van der Waals surface area contributed by atoms with E-state index in [-0.39, 0.29) is 12.5 Å². The molecule has 0 aliphatic carbocycles. The highest BCUT2D eigenvalue weighted by molar-refractivity contribution is 5.73. The van der Waals surface area contributed by atoms with Crippen molar-refractivity contribution in [2.75, 3.05) is 6.61 Å². The minimum absolute atomic E-state index is 0.203. The molecular formula is C17H25NO8. The molecule has 1 rings (SSSR count). The topological polar surface area (TPSA) is 117 Å². The first kappa shape index (κ1) is 21.6. The Morgan fingerprint density at radius 2 is 1.54 bits per heavy atom. The van der Waals surface area contributed by atoms with E-state index in [1.165, 1.54) is 27.7 Å². The molecule has 1 aliphatic rings. The first-order valence-electron chi connectivity index (χ1n) is 8.17. The van der Waals surface area contributed by atoms with Gasteiger partial charge in [-0.05, 0) is 6.42 Å². The summed E-state index contributed by atoms with van der Waals surface area (Å²) in [5.74, 6) is -2.16. The number of hydrogen-bond acceptors (Lipinski definition) is 8. The van der Waals surface area contributed by atoms with Crippen molar-refractivity contribution in [2.45, 2.75) is 64.6 Å². The molecule has 1 heterocycles. The third-order valence-corrected chi connectivity index (χ3v) is 3.62. The van der Waals surface area contributed by atoms with Crippen molar-refractivity contribution in [3.05, 3.63) is 12.7 Å². The van der Waals surface area contributed by atoms with E-state index in [2.05, 4.69) is 11.9 Å². The van der Waals surface area contributed by atoms with E-state index in [0.29, 0.717) is 6.42 Å². The minimum atomic E-state index is -1.06. The average Bonchev–Trinajstić information content (AvgIpc) is 2.50. The Hall–Kier alpha value is -2.42. The van der Waals surface area contributed by atoms with Crippen molar-refractivity contribution in [1.82, 2.24) is 5.32 Å². The Labute approximate surface area is 152 Å². The number of hydrogen-bond donors (Lipinski definition) is 1. The smallest absolute Gasteiger partial charge is 0.303 e. The summed E-state index contributed by atoms with van der Waals surface area (Å²) in [6, 6.07) is -0.771. The first-order valence-corrected chi connectivity index (χ1v) is 8.17. The van der Waals surface area contributed by atoms with Gasteiger partial charge in [-0.2, -0.15) is 0 Å². The van der Waals surface area contributed by atoms with Crippen LogP contribution in [0.4, 0.5) is 0 Å². The van der Waals surface area contributed by atoms with Crippen molar-refractivity contribution >= 4 is 23.8 Å². The monoisotopic (exact) mass is 371 g/mol. The van der Waals surface area contributed by atoms with Crippen LogP contribution < -0.4 is 5.32 Å². The predicted molar refractivity (Wildman–Crippen MR) is 88.8 cm³/mol. The molecule has 1 amide bonds. The van der Waals surface area contributed by atoms with Gasteiger partial charge in [-0.15, -0.1) is 6.58 Å². The maximum Gasteiger partial charge on any atom is 0.303 e. The molecule has 1 aliphatic heterocycles. The van der Waals surface area contributed by atoms with Crippen LogP contribution in [0.1, 0.15) is 34.1 Å². The van der Waals surface area contributed by atoms with Gasteiger partial charge in [-0.3, -0.25) is 19.2 Å². The molecule has 0 spiro atoms. The Morgan fingerprint density at radius 1 is 0.962 bits per heavy atom. The molecule has 0 saturated carbocycles. The number of ether oxygens (including phenoxy) is 4. The molecule has 0 aromatic heterocycles. The van der Waals surface area contributed by atoms with Crippen molar-refractivity contribution < 1.29 is 38.1 Å². The molecule has 1 fully saturated rings. The number of esters is 3. The predicted octanol–water partition coefficient (Wildman–Crippen LogP) is 0.261. The third kappa shape index (κ3) is 6.47. The minimum Gasteiger partial charge on any atom is -0.463 e. The van der Waals surface area contributed by atoms with Crippen LogP contribution in [0.25, 0.3) is 0 Å². The summed E-state index contributed by atoms with van der Waals surface area (Å²) in [6.45, 7) is 8.38. The lowest BCUT2D eigenvalue weighted by Gasteiger charge is -2.45. The highest BCUT2D eigenvalue weighted by Gasteiger charge is 2.50. The van der Waals surface area contributed by atoms with Gasteiger partial charge in [-0.25, -0.2) is 0 Å². The van der Waals surface area contributed by atoms with Crippen LogP contribution in [-0.2, 0) is 38.1 Å². The highest BCUT2D eigenvalue weighted by atomic mass is 16.6. The second-order valence-electron chi connectivity index (χ2n) is 5.91. The van der Waals surface area contributed by atoms with E-state index in [0.717, 1.165) is 0 Å². The van der Waals surface area contributed by atoms with Crippen LogP contribution in [-0.4, -0.2) is 60.9 Å². The van der Waals surface area contributed by atoms with E-state index in [9.17, 15) is 19.2 Å². The van der Waals surface area contributed by atoms with Gasteiger partial charge in [0.15, 0.2) is 12.2 Å². The fourth-order valence-electron chi connectivity index (χ4n) is 2.79. The van der Waals surface area contributed by atoms with Crippen LogP contribution in [0.3, 0.4) is 0 Å². The summed E-state index contributed by atoms with van der Waals surface area (Å²) in [5, 5.41) is 2.67. The second kappa shape index (κ2) is 9.91. The van der Waals surface area contributed by atoms with E-state index in [1.54, 1.807) is 6.08 Å². The molecule has 9 heteroatoms. The third-order valence-electron chi connectivity index (χ3n) is 3.62. The van der Waals surface area contributed by atoms with Gasteiger partial charge in [0.05, 0.1) is 12.1 Å². The summed E-state index contributed by atoms with van der Waals surface area (Å²) in [6.07, 6.45) is -1.66. The van der Waals surface area contributed by atoms with Crippen LogP contribution in [0, 0.1) is 0 Å². The van der Waals surface area contributed by atoms with Crippen molar-refractivity contribution in [3.8, 4) is 0 Å². The van der Waals surface area contributed by atoms with Crippen LogP contribution in [0.15, 0.2) is 12.7 Å². The van der Waals surface area contributed by atoms with Gasteiger partial charge < -0.3 is 24.3 Å². The molecule has 26 heavy (non-hydrogen) atoms. The Bertz CT molecular complexity index is 561. The normalized spacial score (nSPS) is 27.8. The molecule has 9 nitrogen and oxygen atoms in total. The van der Waals surface area contributed by atoms with Gasteiger partial charge in [0, 0.05) is 27.7 Å². The van der Waals surface area contributed by atoms with Gasteiger partial charge in [0.25, 0.3) is 0 Å². The molecule has 0 aromatic rings. The van der Waals surface area contributed by atoms with E-state index in [4.69, 9.17) is 18.9 Å². The second-order valence-corrected chi connectivity index (χ2v) is 5.91. The summed E-state index contributed by atoms with van der Waals surface area (Å²) >= 11 is 0. The lowest BCUT2D eigenvalue weighted by atomic mass is 9.90. The molecule has 0 unspecified atom stereocenters. The van der Waals surface area contributed by atoms with Crippen LogP contribution in [0.2, 0.25) is 0 Å². The van der Waals surface area contributed by atoms with E-state index < -0.39 is 48.4 Å². The lowest BCUT2D eigenvalue weighted by Crippen LogP contribution is -2.66. The lowest BCUT2D eigenvalue weighted by molar-refractivity contribution is -0.223. The molecule has 0 bridgehead atoms. The number of carbonyl (C=O) groups excluding carboxylic acids is 4. The van der Waals surface area contributed by atoms with Gasteiger partial charge >= 0.3 is 17.9 Å². The van der Waals surface area contributed by atoms with Gasteiger partial charge in [-0.1, -0.05) is 6.08 Å². The van der Waals surface area contributed by atoms with Crippen molar-refractivity contribution in [3.63, 3.8) is 0 Å². The summed E-state index contributed by atoms with van der Waals surface area (Å²) in [7, 11) is 0. The van der Waals surface area contributed by atoms with Crippen LogP contribution >= 0.6 is 0 Å². The quantitative estimate of drug-likeness (QED) is 0.385. The molecule has 5 atom stereocenters. The average molecular weight is 371 g/mol. The maximum atomic E-state index is 11.6. The SMILES string of the molecule is C=CC[C@@H]1O[C@H](COC(C)=O)[C@@H](OC(C)=O)[C@H](OC(C)=O)[C@H]1NC(C)=O. The summed E-state index contributed by atoms with van der Waals surface area (Å²) < 4.78 is 21.5. The van der Waals surface area contributed by atoms with Crippen LogP contribution in [0.5, 0.6) is 0 Å². The van der Waals surface area contributed by atoms with Gasteiger partial charge in [0.2, 0.25) is 5.91 Å². The number of amides is 1. The Kier molecular flexibility index (Phi) is 8.24. The van der Waals surface area contributed by atoms with Gasteiger partial charge in [0.1, 0.15) is 12.7 Å². The summed E-state index contributed by atoms with van der Waals surface area (Å²) in [5.41, 5.74) is 0. The first-order chi connectivity index (χ1) is 12.1. The van der Waals surface area contributed by atoms with Crippen molar-refractivity contribution in [1.29, 1.82) is 0 Å². The summed E-state index contributed by atoms with van der Waals surface area (Å²) in [4.78, 5) is 45.9. The zero-order valence-electron chi connectivity index (χ0n) is 15.4. The molecular weight excluding hydrogens is 346 g/mol. The molecule has 0 aromatic carbocycles. The Balaban J connectivity index is 3.24. The highest BCUT2D eigenvalue weighted by Crippen LogP contribution is 2.28.